The number of rotatable bonds is 5. The van der Waals surface area contributed by atoms with Gasteiger partial charge in [0.1, 0.15) is 5.82 Å². The van der Waals surface area contributed by atoms with Crippen LogP contribution in [-0.2, 0) is 6.54 Å². The van der Waals surface area contributed by atoms with E-state index in [0.717, 1.165) is 41.5 Å². The van der Waals surface area contributed by atoms with Gasteiger partial charge in [-0.25, -0.2) is 9.07 Å². The van der Waals surface area contributed by atoms with Gasteiger partial charge in [-0.3, -0.25) is 4.90 Å². The number of nitrogens with zero attached hydrogens (tertiary/aromatic N) is 5. The lowest BCUT2D eigenvalue weighted by atomic mass is 10.0. The van der Waals surface area contributed by atoms with Gasteiger partial charge in [0.15, 0.2) is 5.82 Å². The summed E-state index contributed by atoms with van der Waals surface area (Å²) in [5.41, 5.74) is 2.07. The highest BCUT2D eigenvalue weighted by Crippen LogP contribution is 2.30. The van der Waals surface area contributed by atoms with Crippen LogP contribution in [0.3, 0.4) is 0 Å². The maximum atomic E-state index is 13.2. The van der Waals surface area contributed by atoms with E-state index < -0.39 is 0 Å². The second-order valence-corrected chi connectivity index (χ2v) is 8.08. The van der Waals surface area contributed by atoms with Crippen molar-refractivity contribution in [2.45, 2.75) is 12.6 Å². The Morgan fingerprint density at radius 3 is 2.44 bits per heavy atom. The Balaban J connectivity index is 1.68. The molecule has 0 aliphatic carbocycles. The van der Waals surface area contributed by atoms with E-state index in [0.29, 0.717) is 11.6 Å². The molecular formula is C19H19ClFN5S. The molecule has 2 aromatic carbocycles. The van der Waals surface area contributed by atoms with E-state index in [1.165, 1.54) is 12.1 Å². The summed E-state index contributed by atoms with van der Waals surface area (Å²) in [6.07, 6.45) is 0. The van der Waals surface area contributed by atoms with Crippen LogP contribution in [0.4, 0.5) is 4.39 Å². The normalized spacial score (nSPS) is 16.4. The molecule has 0 N–H and O–H groups in total. The van der Waals surface area contributed by atoms with Gasteiger partial charge in [0.25, 0.3) is 0 Å². The number of tetrazole rings is 1. The summed E-state index contributed by atoms with van der Waals surface area (Å²) >= 11 is 8.05. The zero-order valence-electron chi connectivity index (χ0n) is 14.6. The van der Waals surface area contributed by atoms with Crippen molar-refractivity contribution in [3.05, 3.63) is 76.3 Å². The Morgan fingerprint density at radius 1 is 1.04 bits per heavy atom. The third-order valence-electron chi connectivity index (χ3n) is 4.65. The van der Waals surface area contributed by atoms with E-state index in [2.05, 4.69) is 20.4 Å². The van der Waals surface area contributed by atoms with E-state index in [1.54, 1.807) is 16.8 Å². The zero-order valence-corrected chi connectivity index (χ0v) is 16.2. The lowest BCUT2D eigenvalue weighted by Crippen LogP contribution is -2.38. The largest absolute Gasteiger partial charge is 0.288 e. The molecule has 1 aliphatic rings. The highest BCUT2D eigenvalue weighted by molar-refractivity contribution is 7.99. The first kappa shape index (κ1) is 18.4. The van der Waals surface area contributed by atoms with Gasteiger partial charge in [-0.2, -0.15) is 11.8 Å². The van der Waals surface area contributed by atoms with Crippen molar-refractivity contribution in [1.82, 2.24) is 25.1 Å². The topological polar surface area (TPSA) is 46.8 Å². The smallest absolute Gasteiger partial charge is 0.173 e. The van der Waals surface area contributed by atoms with Gasteiger partial charge in [-0.15, -0.1) is 5.10 Å². The van der Waals surface area contributed by atoms with Crippen molar-refractivity contribution in [1.29, 1.82) is 0 Å². The van der Waals surface area contributed by atoms with Gasteiger partial charge in [0, 0.05) is 29.6 Å². The highest BCUT2D eigenvalue weighted by Gasteiger charge is 2.29. The Hall–Kier alpha value is -1.96. The Kier molecular flexibility index (Phi) is 5.71. The molecule has 0 unspecified atom stereocenters. The number of aromatic nitrogens is 4. The number of hydrogen-bond donors (Lipinski definition) is 0. The van der Waals surface area contributed by atoms with Crippen molar-refractivity contribution >= 4 is 23.4 Å². The highest BCUT2D eigenvalue weighted by atomic mass is 35.5. The van der Waals surface area contributed by atoms with Crippen LogP contribution < -0.4 is 0 Å². The van der Waals surface area contributed by atoms with Crippen molar-refractivity contribution in [2.24, 2.45) is 0 Å². The lowest BCUT2D eigenvalue weighted by Gasteiger charge is -2.33. The summed E-state index contributed by atoms with van der Waals surface area (Å²) in [5, 5.41) is 13.2. The first-order valence-electron chi connectivity index (χ1n) is 8.78. The van der Waals surface area contributed by atoms with E-state index in [-0.39, 0.29) is 11.9 Å². The first-order chi connectivity index (χ1) is 13.2. The second kappa shape index (κ2) is 8.37. The third-order valence-corrected chi connectivity index (χ3v) is 5.84. The number of hydrogen-bond acceptors (Lipinski definition) is 5. The monoisotopic (exact) mass is 403 g/mol. The molecule has 1 aliphatic heterocycles. The molecule has 2 heterocycles. The molecule has 0 radical (unpaired) electrons. The molecule has 4 rings (SSSR count). The van der Waals surface area contributed by atoms with Crippen molar-refractivity contribution in [2.75, 3.05) is 24.6 Å². The Labute approximate surface area is 166 Å². The van der Waals surface area contributed by atoms with Gasteiger partial charge in [-0.05, 0) is 45.8 Å². The lowest BCUT2D eigenvalue weighted by molar-refractivity contribution is 0.235. The van der Waals surface area contributed by atoms with Gasteiger partial charge in [0.05, 0.1) is 12.6 Å². The van der Waals surface area contributed by atoms with Gasteiger partial charge in [-0.1, -0.05) is 35.9 Å². The summed E-state index contributed by atoms with van der Waals surface area (Å²) in [6, 6.07) is 14.3. The minimum atomic E-state index is -0.249. The summed E-state index contributed by atoms with van der Waals surface area (Å²) in [4.78, 5) is 2.41. The van der Waals surface area contributed by atoms with Gasteiger partial charge in [0.2, 0.25) is 0 Å². The van der Waals surface area contributed by atoms with Crippen LogP contribution in [0.15, 0.2) is 48.5 Å². The number of thioether (sulfide) groups is 1. The van der Waals surface area contributed by atoms with Crippen LogP contribution >= 0.6 is 23.4 Å². The fourth-order valence-corrected chi connectivity index (χ4v) is 4.34. The van der Waals surface area contributed by atoms with Crippen molar-refractivity contribution in [3.8, 4) is 0 Å². The number of halogens is 2. The minimum absolute atomic E-state index is 0.0429. The molecule has 1 fully saturated rings. The van der Waals surface area contributed by atoms with Crippen LogP contribution in [0, 0.1) is 5.82 Å². The van der Waals surface area contributed by atoms with Crippen LogP contribution in [0.2, 0.25) is 5.02 Å². The summed E-state index contributed by atoms with van der Waals surface area (Å²) in [7, 11) is 0. The van der Waals surface area contributed by atoms with E-state index in [4.69, 9.17) is 11.6 Å². The molecule has 0 amide bonds. The maximum Gasteiger partial charge on any atom is 0.173 e. The van der Waals surface area contributed by atoms with E-state index >= 15 is 0 Å². The van der Waals surface area contributed by atoms with Crippen LogP contribution in [0.1, 0.15) is 23.0 Å². The molecule has 27 heavy (non-hydrogen) atoms. The summed E-state index contributed by atoms with van der Waals surface area (Å²) in [6.45, 7) is 2.44. The molecule has 0 spiro atoms. The fourth-order valence-electron chi connectivity index (χ4n) is 3.29. The van der Waals surface area contributed by atoms with E-state index in [9.17, 15) is 4.39 Å². The third kappa shape index (κ3) is 4.31. The molecule has 1 aromatic heterocycles. The summed E-state index contributed by atoms with van der Waals surface area (Å²) in [5.74, 6) is 2.71. The molecule has 1 saturated heterocycles. The second-order valence-electron chi connectivity index (χ2n) is 6.42. The predicted molar refractivity (Wildman–Crippen MR) is 106 cm³/mol. The standard InChI is InChI=1S/C19H19ClFN5S/c20-16-5-3-15(4-6-16)18(25-9-11-27-12-10-25)19-22-23-24-26(19)13-14-1-7-17(21)8-2-14/h1-8,18H,9-13H2/t18-/m0/s1. The average Bonchev–Trinajstić information content (AvgIpc) is 3.14. The minimum Gasteiger partial charge on any atom is -0.288 e. The van der Waals surface area contributed by atoms with Gasteiger partial charge < -0.3 is 0 Å². The SMILES string of the molecule is Fc1ccc(Cn2nnnc2[C@H](c2ccc(Cl)cc2)N2CCSCC2)cc1. The molecule has 0 saturated carbocycles. The molecule has 5 nitrogen and oxygen atoms in total. The van der Waals surface area contributed by atoms with Crippen molar-refractivity contribution < 1.29 is 4.39 Å². The molecule has 8 heteroatoms. The molecule has 0 bridgehead atoms. The summed E-state index contributed by atoms with van der Waals surface area (Å²) < 4.78 is 15.0. The van der Waals surface area contributed by atoms with Gasteiger partial charge >= 0.3 is 0 Å². The zero-order chi connectivity index (χ0) is 18.6. The van der Waals surface area contributed by atoms with Crippen LogP contribution in [0.25, 0.3) is 0 Å². The van der Waals surface area contributed by atoms with Crippen LogP contribution in [0.5, 0.6) is 0 Å². The predicted octanol–water partition coefficient (Wildman–Crippen LogP) is 3.65. The Bertz CT molecular complexity index is 878. The quantitative estimate of drug-likeness (QED) is 0.650. The van der Waals surface area contributed by atoms with Crippen LogP contribution in [-0.4, -0.2) is 49.7 Å². The molecule has 3 aromatic rings. The molecule has 140 valence electrons. The van der Waals surface area contributed by atoms with Crippen molar-refractivity contribution in [3.63, 3.8) is 0 Å². The number of benzene rings is 2. The fraction of sp³-hybridized carbons (Fsp3) is 0.316. The Morgan fingerprint density at radius 2 is 1.74 bits per heavy atom. The molecular weight excluding hydrogens is 385 g/mol. The maximum absolute atomic E-state index is 13.2. The first-order valence-corrected chi connectivity index (χ1v) is 10.3. The van der Waals surface area contributed by atoms with E-state index in [1.807, 2.05) is 36.0 Å². The molecule has 1 atom stereocenters. The average molecular weight is 404 g/mol.